The Bertz CT molecular complexity index is 701. The van der Waals surface area contributed by atoms with E-state index in [1.807, 2.05) is 11.8 Å². The normalized spacial score (nSPS) is 19.7. The zero-order valence-electron chi connectivity index (χ0n) is 18.0. The number of amides is 2. The number of likely N-dealkylation sites (tertiary alicyclic amines) is 1. The maximum atomic E-state index is 13.4. The molecule has 1 aromatic carbocycles. The van der Waals surface area contributed by atoms with Crippen LogP contribution in [0.15, 0.2) is 12.1 Å². The molecule has 3 atom stereocenters. The van der Waals surface area contributed by atoms with Gasteiger partial charge in [-0.25, -0.2) is 0 Å². The van der Waals surface area contributed by atoms with Gasteiger partial charge >= 0.3 is 0 Å². The summed E-state index contributed by atoms with van der Waals surface area (Å²) < 4.78 is 10.7. The molecule has 0 spiro atoms. The molecule has 0 saturated carbocycles. The second kappa shape index (κ2) is 11.3. The molecule has 1 heterocycles. The predicted molar refractivity (Wildman–Crippen MR) is 117 cm³/mol. The Labute approximate surface area is 179 Å². The number of nitrogens with zero attached hydrogens (tertiary/aromatic N) is 1. The average molecular weight is 428 g/mol. The minimum absolute atomic E-state index is 0. The average Bonchev–Trinajstić information content (AvgIpc) is 2.65. The van der Waals surface area contributed by atoms with Crippen LogP contribution in [-0.2, 0) is 4.79 Å². The molecule has 1 aliphatic rings. The van der Waals surface area contributed by atoms with E-state index in [4.69, 9.17) is 15.2 Å². The number of hydrogen-bond donors (Lipinski definition) is 2. The number of rotatable bonds is 7. The molecule has 3 N–H and O–H groups in total. The quantitative estimate of drug-likeness (QED) is 0.693. The molecule has 0 radical (unpaired) electrons. The number of ether oxygens (including phenoxy) is 2. The number of carbonyl (C=O) groups is 2. The molecular formula is C21H34ClN3O4. The van der Waals surface area contributed by atoms with Gasteiger partial charge in [0.25, 0.3) is 5.91 Å². The van der Waals surface area contributed by atoms with Gasteiger partial charge in [0.05, 0.1) is 25.5 Å². The van der Waals surface area contributed by atoms with Crippen LogP contribution >= 0.6 is 12.4 Å². The fourth-order valence-corrected chi connectivity index (χ4v) is 3.69. The zero-order chi connectivity index (χ0) is 20.8. The van der Waals surface area contributed by atoms with Crippen LogP contribution in [0.5, 0.6) is 11.5 Å². The summed E-state index contributed by atoms with van der Waals surface area (Å²) in [7, 11) is 3.05. The number of benzene rings is 1. The first-order chi connectivity index (χ1) is 13.3. The zero-order valence-corrected chi connectivity index (χ0v) is 18.8. The molecule has 0 aliphatic carbocycles. The monoisotopic (exact) mass is 427 g/mol. The van der Waals surface area contributed by atoms with Gasteiger partial charge in [-0.3, -0.25) is 9.59 Å². The molecule has 29 heavy (non-hydrogen) atoms. The van der Waals surface area contributed by atoms with Crippen molar-refractivity contribution in [2.75, 3.05) is 19.5 Å². The van der Waals surface area contributed by atoms with Crippen LogP contribution in [0.4, 0.5) is 5.69 Å². The third-order valence-corrected chi connectivity index (χ3v) is 5.28. The van der Waals surface area contributed by atoms with Gasteiger partial charge < -0.3 is 25.4 Å². The van der Waals surface area contributed by atoms with Crippen molar-refractivity contribution >= 4 is 29.9 Å². The highest BCUT2D eigenvalue weighted by Gasteiger charge is 2.32. The molecule has 8 heteroatoms. The highest BCUT2D eigenvalue weighted by atomic mass is 35.5. The molecular weight excluding hydrogens is 394 g/mol. The maximum Gasteiger partial charge on any atom is 0.256 e. The first-order valence-corrected chi connectivity index (χ1v) is 9.92. The van der Waals surface area contributed by atoms with E-state index in [1.54, 1.807) is 12.1 Å². The molecule has 3 unspecified atom stereocenters. The topological polar surface area (TPSA) is 93.9 Å². The third kappa shape index (κ3) is 6.24. The van der Waals surface area contributed by atoms with E-state index in [1.165, 1.54) is 14.2 Å². The first kappa shape index (κ1) is 25.0. The van der Waals surface area contributed by atoms with E-state index >= 15 is 0 Å². The number of piperidine rings is 1. The van der Waals surface area contributed by atoms with E-state index in [-0.39, 0.29) is 48.8 Å². The van der Waals surface area contributed by atoms with Gasteiger partial charge in [0.15, 0.2) is 11.5 Å². The Morgan fingerprint density at radius 2 is 1.72 bits per heavy atom. The Balaban J connectivity index is 0.00000420. The summed E-state index contributed by atoms with van der Waals surface area (Å²) >= 11 is 0. The lowest BCUT2D eigenvalue weighted by molar-refractivity contribution is -0.116. The van der Waals surface area contributed by atoms with Gasteiger partial charge in [0.2, 0.25) is 5.91 Å². The standard InChI is InChI=1S/C21H33N3O4.ClH/c1-13(22)9-10-20(25)23-17-12-19(28-5)18(27-4)11-16(17)21(26)24-14(2)7-6-8-15(24)3;/h11-15H,6-10,22H2,1-5H3,(H,23,25);1H. The smallest absolute Gasteiger partial charge is 0.256 e. The maximum absolute atomic E-state index is 13.4. The molecule has 164 valence electrons. The Kier molecular flexibility index (Phi) is 9.73. The fourth-order valence-electron chi connectivity index (χ4n) is 3.69. The van der Waals surface area contributed by atoms with Crippen molar-refractivity contribution < 1.29 is 19.1 Å². The van der Waals surface area contributed by atoms with Crippen molar-refractivity contribution in [1.29, 1.82) is 0 Å². The molecule has 1 aromatic rings. The van der Waals surface area contributed by atoms with E-state index in [0.29, 0.717) is 29.2 Å². The summed E-state index contributed by atoms with van der Waals surface area (Å²) in [4.78, 5) is 27.7. The number of hydrogen-bond acceptors (Lipinski definition) is 5. The molecule has 2 rings (SSSR count). The van der Waals surface area contributed by atoms with Crippen LogP contribution in [0.3, 0.4) is 0 Å². The van der Waals surface area contributed by atoms with Gasteiger partial charge in [-0.2, -0.15) is 0 Å². The molecule has 7 nitrogen and oxygen atoms in total. The second-order valence-electron chi connectivity index (χ2n) is 7.66. The van der Waals surface area contributed by atoms with E-state index < -0.39 is 0 Å². The molecule has 1 fully saturated rings. The summed E-state index contributed by atoms with van der Waals surface area (Å²) in [5.41, 5.74) is 6.59. The van der Waals surface area contributed by atoms with Crippen molar-refractivity contribution in [3.63, 3.8) is 0 Å². The van der Waals surface area contributed by atoms with Gasteiger partial charge in [-0.1, -0.05) is 0 Å². The minimum atomic E-state index is -0.182. The van der Waals surface area contributed by atoms with Crippen molar-refractivity contribution in [1.82, 2.24) is 4.90 Å². The van der Waals surface area contributed by atoms with E-state index in [9.17, 15) is 9.59 Å². The number of anilines is 1. The fraction of sp³-hybridized carbons (Fsp3) is 0.619. The largest absolute Gasteiger partial charge is 0.493 e. The lowest BCUT2D eigenvalue weighted by Gasteiger charge is -2.39. The van der Waals surface area contributed by atoms with Crippen molar-refractivity contribution in [3.05, 3.63) is 17.7 Å². The lowest BCUT2D eigenvalue weighted by Crippen LogP contribution is -2.47. The van der Waals surface area contributed by atoms with Crippen LogP contribution in [-0.4, -0.2) is 49.1 Å². The molecule has 1 saturated heterocycles. The lowest BCUT2D eigenvalue weighted by atomic mass is 9.96. The number of nitrogens with one attached hydrogen (secondary N) is 1. The first-order valence-electron chi connectivity index (χ1n) is 9.92. The summed E-state index contributed by atoms with van der Waals surface area (Å²) in [6.45, 7) is 5.99. The van der Waals surface area contributed by atoms with Crippen molar-refractivity contribution in [2.45, 2.75) is 71.0 Å². The predicted octanol–water partition coefficient (Wildman–Crippen LogP) is 3.59. The molecule has 2 amide bonds. The summed E-state index contributed by atoms with van der Waals surface area (Å²) in [5.74, 6) is 0.625. The van der Waals surface area contributed by atoms with Gasteiger partial charge in [-0.05, 0) is 52.5 Å². The van der Waals surface area contributed by atoms with Crippen LogP contribution in [0.2, 0.25) is 0 Å². The Morgan fingerprint density at radius 3 is 2.24 bits per heavy atom. The Morgan fingerprint density at radius 1 is 1.17 bits per heavy atom. The highest BCUT2D eigenvalue weighted by molar-refractivity contribution is 6.05. The Hall–Kier alpha value is -1.99. The second-order valence-corrected chi connectivity index (χ2v) is 7.66. The molecule has 0 bridgehead atoms. The summed E-state index contributed by atoms with van der Waals surface area (Å²) in [6.07, 6.45) is 3.91. The number of methoxy groups -OCH3 is 2. The van der Waals surface area contributed by atoms with Crippen LogP contribution in [0.25, 0.3) is 0 Å². The van der Waals surface area contributed by atoms with Crippen molar-refractivity contribution in [2.24, 2.45) is 5.73 Å². The van der Waals surface area contributed by atoms with Crippen molar-refractivity contribution in [3.8, 4) is 11.5 Å². The minimum Gasteiger partial charge on any atom is -0.493 e. The molecule has 0 aromatic heterocycles. The van der Waals surface area contributed by atoms with Crippen LogP contribution < -0.4 is 20.5 Å². The highest BCUT2D eigenvalue weighted by Crippen LogP contribution is 2.35. The summed E-state index contributed by atoms with van der Waals surface area (Å²) in [5, 5.41) is 2.86. The SMILES string of the molecule is COc1cc(NC(=O)CCC(C)N)c(C(=O)N2C(C)CCCC2C)cc1OC.Cl. The third-order valence-electron chi connectivity index (χ3n) is 5.28. The van der Waals surface area contributed by atoms with E-state index in [2.05, 4.69) is 19.2 Å². The van der Waals surface area contributed by atoms with Crippen LogP contribution in [0, 0.1) is 0 Å². The summed E-state index contributed by atoms with van der Waals surface area (Å²) in [6, 6.07) is 3.52. The van der Waals surface area contributed by atoms with Crippen LogP contribution in [0.1, 0.15) is 63.2 Å². The number of nitrogens with two attached hydrogens (primary N) is 1. The van der Waals surface area contributed by atoms with Gasteiger partial charge in [0.1, 0.15) is 0 Å². The number of halogens is 1. The van der Waals surface area contributed by atoms with Gasteiger partial charge in [-0.15, -0.1) is 12.4 Å². The number of carbonyl (C=O) groups excluding carboxylic acids is 2. The molecule has 1 aliphatic heterocycles. The van der Waals surface area contributed by atoms with E-state index in [0.717, 1.165) is 19.3 Å². The van der Waals surface area contributed by atoms with Gasteiger partial charge in [0, 0.05) is 30.6 Å².